The van der Waals surface area contributed by atoms with Gasteiger partial charge in [0.15, 0.2) is 0 Å². The van der Waals surface area contributed by atoms with E-state index in [2.05, 4.69) is 4.74 Å². The van der Waals surface area contributed by atoms with Crippen LogP contribution < -0.4 is 10.5 Å². The van der Waals surface area contributed by atoms with Crippen molar-refractivity contribution in [1.82, 2.24) is 0 Å². The number of hydrogen-bond acceptors (Lipinski definition) is 3. The minimum atomic E-state index is -0.867. The van der Waals surface area contributed by atoms with Gasteiger partial charge in [0.25, 0.3) is 0 Å². The van der Waals surface area contributed by atoms with Gasteiger partial charge in [0.1, 0.15) is 12.0 Å². The molecule has 0 aliphatic carbocycles. The molecule has 1 amide bonds. The Morgan fingerprint density at radius 1 is 1.33 bits per heavy atom. The van der Waals surface area contributed by atoms with Crippen LogP contribution in [0, 0.1) is 0 Å². The van der Waals surface area contributed by atoms with Gasteiger partial charge in [-0.25, -0.2) is 4.79 Å². The van der Waals surface area contributed by atoms with Gasteiger partial charge in [-0.1, -0.05) is 0 Å². The Balaban J connectivity index is 2.77. The summed E-state index contributed by atoms with van der Waals surface area (Å²) < 4.78 is 4.54. The Labute approximate surface area is 68.9 Å². The van der Waals surface area contributed by atoms with E-state index >= 15 is 0 Å². The highest BCUT2D eigenvalue weighted by Crippen LogP contribution is 2.10. The summed E-state index contributed by atoms with van der Waals surface area (Å²) in [4.78, 5) is 20.5. The molecule has 12 heavy (non-hydrogen) atoms. The lowest BCUT2D eigenvalue weighted by Gasteiger charge is -1.98. The molecule has 1 rings (SSSR count). The first-order valence-corrected chi connectivity index (χ1v) is 3.25. The number of benzene rings is 1. The molecule has 1 aromatic rings. The molecule has 0 aliphatic rings. The highest BCUT2D eigenvalue weighted by atomic mass is 16.5. The van der Waals surface area contributed by atoms with Gasteiger partial charge in [0, 0.05) is 5.56 Å². The number of aldehydes is 1. The third-order valence-corrected chi connectivity index (χ3v) is 1.23. The minimum absolute atomic E-state index is 0.327. The maximum Gasteiger partial charge on any atom is 0.409 e. The molecular formula is C8H7NO3. The van der Waals surface area contributed by atoms with E-state index in [1.807, 2.05) is 0 Å². The summed E-state index contributed by atoms with van der Waals surface area (Å²) in [6, 6.07) is 6.06. The van der Waals surface area contributed by atoms with Crippen LogP contribution in [-0.4, -0.2) is 12.4 Å². The molecule has 1 aromatic carbocycles. The molecule has 4 nitrogen and oxygen atoms in total. The topological polar surface area (TPSA) is 69.4 Å². The van der Waals surface area contributed by atoms with Crippen LogP contribution in [0.2, 0.25) is 0 Å². The second-order valence-corrected chi connectivity index (χ2v) is 2.11. The van der Waals surface area contributed by atoms with Gasteiger partial charge in [-0.3, -0.25) is 4.79 Å². The second kappa shape index (κ2) is 3.52. The number of carbonyl (C=O) groups excluding carboxylic acids is 2. The molecule has 0 unspecified atom stereocenters. The Morgan fingerprint density at radius 3 is 2.33 bits per heavy atom. The summed E-state index contributed by atoms with van der Waals surface area (Å²) in [5.41, 5.74) is 5.28. The van der Waals surface area contributed by atoms with Crippen LogP contribution in [0.3, 0.4) is 0 Å². The summed E-state index contributed by atoms with van der Waals surface area (Å²) in [5, 5.41) is 0. The molecule has 0 aliphatic heterocycles. The summed E-state index contributed by atoms with van der Waals surface area (Å²) in [6.07, 6.45) is -0.164. The van der Waals surface area contributed by atoms with Gasteiger partial charge in [0.2, 0.25) is 0 Å². The number of carbonyl (C=O) groups is 2. The average Bonchev–Trinajstić information content (AvgIpc) is 2.05. The maximum absolute atomic E-state index is 10.3. The lowest BCUT2D eigenvalue weighted by atomic mass is 10.2. The summed E-state index contributed by atoms with van der Waals surface area (Å²) in [7, 11) is 0. The van der Waals surface area contributed by atoms with Crippen molar-refractivity contribution in [1.29, 1.82) is 0 Å². The molecule has 0 atom stereocenters. The maximum atomic E-state index is 10.3. The Hall–Kier alpha value is -1.84. The minimum Gasteiger partial charge on any atom is -0.411 e. The van der Waals surface area contributed by atoms with Crippen molar-refractivity contribution in [3.63, 3.8) is 0 Å². The zero-order chi connectivity index (χ0) is 8.97. The van der Waals surface area contributed by atoms with Crippen molar-refractivity contribution in [2.45, 2.75) is 0 Å². The molecule has 0 saturated carbocycles. The third kappa shape index (κ3) is 2.09. The monoisotopic (exact) mass is 165 g/mol. The Bertz CT molecular complexity index is 292. The molecule has 0 radical (unpaired) electrons. The molecule has 4 heteroatoms. The van der Waals surface area contributed by atoms with Crippen LogP contribution in [-0.2, 0) is 0 Å². The zero-order valence-corrected chi connectivity index (χ0v) is 6.19. The van der Waals surface area contributed by atoms with Crippen LogP contribution >= 0.6 is 0 Å². The highest BCUT2D eigenvalue weighted by Gasteiger charge is 1.97. The summed E-state index contributed by atoms with van der Waals surface area (Å²) in [6.45, 7) is 0. The standard InChI is InChI=1S/C8H7NO3/c9-8(11)12-7-3-1-6(5-10)2-4-7/h1-5H,(H2,9,11). The number of primary amides is 1. The van der Waals surface area contributed by atoms with Gasteiger partial charge >= 0.3 is 6.09 Å². The molecule has 0 spiro atoms. The molecule has 0 fully saturated rings. The van der Waals surface area contributed by atoms with Gasteiger partial charge in [-0.2, -0.15) is 0 Å². The van der Waals surface area contributed by atoms with Gasteiger partial charge < -0.3 is 10.5 Å². The zero-order valence-electron chi connectivity index (χ0n) is 6.19. The van der Waals surface area contributed by atoms with E-state index in [-0.39, 0.29) is 0 Å². The Morgan fingerprint density at radius 2 is 1.92 bits per heavy atom. The van der Waals surface area contributed by atoms with Crippen LogP contribution in [0.4, 0.5) is 4.79 Å². The SMILES string of the molecule is NC(=O)Oc1ccc(C=O)cc1. The first-order chi connectivity index (χ1) is 5.72. The number of hydrogen-bond donors (Lipinski definition) is 1. The number of amides is 1. The summed E-state index contributed by atoms with van der Waals surface area (Å²) in [5.74, 6) is 0.327. The second-order valence-electron chi connectivity index (χ2n) is 2.11. The fourth-order valence-corrected chi connectivity index (χ4v) is 0.731. The van der Waals surface area contributed by atoms with E-state index in [1.54, 1.807) is 0 Å². The van der Waals surface area contributed by atoms with Crippen LogP contribution in [0.5, 0.6) is 5.75 Å². The molecule has 0 bridgehead atoms. The molecule has 0 saturated heterocycles. The predicted molar refractivity (Wildman–Crippen MR) is 42.0 cm³/mol. The lowest BCUT2D eigenvalue weighted by molar-refractivity contribution is 0.112. The molecule has 0 aromatic heterocycles. The third-order valence-electron chi connectivity index (χ3n) is 1.23. The van der Waals surface area contributed by atoms with E-state index in [0.29, 0.717) is 17.6 Å². The first-order valence-electron chi connectivity index (χ1n) is 3.25. The fraction of sp³-hybridized carbons (Fsp3) is 0. The first kappa shape index (κ1) is 8.26. The van der Waals surface area contributed by atoms with Crippen LogP contribution in [0.25, 0.3) is 0 Å². The number of ether oxygens (including phenoxy) is 1. The van der Waals surface area contributed by atoms with Gasteiger partial charge in [-0.15, -0.1) is 0 Å². The fourth-order valence-electron chi connectivity index (χ4n) is 0.731. The molecule has 62 valence electrons. The quantitative estimate of drug-likeness (QED) is 0.663. The van der Waals surface area contributed by atoms with E-state index in [9.17, 15) is 9.59 Å². The molecule has 0 heterocycles. The van der Waals surface area contributed by atoms with Crippen molar-refractivity contribution >= 4 is 12.4 Å². The van der Waals surface area contributed by atoms with Crippen molar-refractivity contribution in [2.75, 3.05) is 0 Å². The largest absolute Gasteiger partial charge is 0.411 e. The van der Waals surface area contributed by atoms with Crippen molar-refractivity contribution < 1.29 is 14.3 Å². The highest BCUT2D eigenvalue weighted by molar-refractivity contribution is 5.75. The predicted octanol–water partition coefficient (Wildman–Crippen LogP) is 0.957. The summed E-state index contributed by atoms with van der Waals surface area (Å²) >= 11 is 0. The molecular weight excluding hydrogens is 158 g/mol. The van der Waals surface area contributed by atoms with Gasteiger partial charge in [-0.05, 0) is 24.3 Å². The molecule has 2 N–H and O–H groups in total. The van der Waals surface area contributed by atoms with E-state index in [0.717, 1.165) is 0 Å². The van der Waals surface area contributed by atoms with Crippen molar-refractivity contribution in [3.8, 4) is 5.75 Å². The lowest BCUT2D eigenvalue weighted by Crippen LogP contribution is -2.16. The van der Waals surface area contributed by atoms with Crippen LogP contribution in [0.15, 0.2) is 24.3 Å². The Kier molecular flexibility index (Phi) is 2.42. The van der Waals surface area contributed by atoms with Gasteiger partial charge in [0.05, 0.1) is 0 Å². The average molecular weight is 165 g/mol. The van der Waals surface area contributed by atoms with Crippen LogP contribution in [0.1, 0.15) is 10.4 Å². The van der Waals surface area contributed by atoms with E-state index in [1.165, 1.54) is 24.3 Å². The number of nitrogens with two attached hydrogens (primary N) is 1. The van der Waals surface area contributed by atoms with E-state index < -0.39 is 6.09 Å². The van der Waals surface area contributed by atoms with Crippen molar-refractivity contribution in [3.05, 3.63) is 29.8 Å². The van der Waals surface area contributed by atoms with Crippen molar-refractivity contribution in [2.24, 2.45) is 5.73 Å². The normalized spacial score (nSPS) is 9.00. The number of rotatable bonds is 2. The van der Waals surface area contributed by atoms with E-state index in [4.69, 9.17) is 5.73 Å². The smallest absolute Gasteiger partial charge is 0.409 e.